The SMILES string of the molecule is Cc1ccc(N(C2=CC=C(c3ccc(N(c4ccc(C)cc4)C4C=CC5=C(C4)c4ccccc4C5(C)C)cc3)CC2)c2ccc3c(c2)c2ccccc2n3-c2ccccc2)cc1. The molecular formula is C59H51N3. The first-order chi connectivity index (χ1) is 30.3. The number of para-hydroxylation sites is 2. The van der Waals surface area contributed by atoms with Crippen molar-refractivity contribution in [3.63, 3.8) is 0 Å². The molecule has 1 unspecified atom stereocenters. The first kappa shape index (κ1) is 37.9. The van der Waals surface area contributed by atoms with Gasteiger partial charge in [-0.2, -0.15) is 0 Å². The van der Waals surface area contributed by atoms with Crippen LogP contribution >= 0.6 is 0 Å². The van der Waals surface area contributed by atoms with Crippen LogP contribution in [0.4, 0.5) is 22.7 Å². The van der Waals surface area contributed by atoms with E-state index in [1.54, 1.807) is 0 Å². The average Bonchev–Trinajstić information content (AvgIpc) is 3.76. The molecule has 0 fully saturated rings. The Morgan fingerprint density at radius 1 is 0.565 bits per heavy atom. The summed E-state index contributed by atoms with van der Waals surface area (Å²) in [6.45, 7) is 9.08. The van der Waals surface area contributed by atoms with Crippen molar-refractivity contribution in [1.29, 1.82) is 0 Å². The number of nitrogens with zero attached hydrogens (tertiary/aromatic N) is 3. The molecule has 3 heteroatoms. The highest BCUT2D eigenvalue weighted by molar-refractivity contribution is 6.10. The fraction of sp³-hybridized carbons (Fsp3) is 0.153. The molecule has 7 aromatic carbocycles. The van der Waals surface area contributed by atoms with E-state index in [-0.39, 0.29) is 11.5 Å². The second-order valence-corrected chi connectivity index (χ2v) is 17.9. The Bertz CT molecular complexity index is 3120. The normalized spacial score (nSPS) is 16.5. The van der Waals surface area contributed by atoms with E-state index in [2.05, 4.69) is 236 Å². The van der Waals surface area contributed by atoms with Crippen LogP contribution in [0.1, 0.15) is 60.9 Å². The molecule has 1 heterocycles. The molecule has 1 atom stereocenters. The summed E-state index contributed by atoms with van der Waals surface area (Å²) in [5.74, 6) is 0. The first-order valence-electron chi connectivity index (χ1n) is 22.1. The van der Waals surface area contributed by atoms with Gasteiger partial charge in [0.1, 0.15) is 0 Å². The first-order valence-corrected chi connectivity index (χ1v) is 22.1. The molecule has 11 rings (SSSR count). The maximum atomic E-state index is 2.54. The molecule has 0 spiro atoms. The van der Waals surface area contributed by atoms with Crippen LogP contribution in [0.25, 0.3) is 38.6 Å². The second-order valence-electron chi connectivity index (χ2n) is 17.9. The van der Waals surface area contributed by atoms with Crippen molar-refractivity contribution in [1.82, 2.24) is 4.57 Å². The van der Waals surface area contributed by atoms with Crippen LogP contribution in [-0.4, -0.2) is 10.6 Å². The van der Waals surface area contributed by atoms with E-state index >= 15 is 0 Å². The number of anilines is 4. The van der Waals surface area contributed by atoms with Gasteiger partial charge < -0.3 is 14.4 Å². The van der Waals surface area contributed by atoms with Gasteiger partial charge in [0.05, 0.1) is 17.1 Å². The second kappa shape index (κ2) is 15.1. The molecule has 0 saturated heterocycles. The van der Waals surface area contributed by atoms with Crippen molar-refractivity contribution in [3.8, 4) is 5.69 Å². The number of hydrogen-bond donors (Lipinski definition) is 0. The van der Waals surface area contributed by atoms with Gasteiger partial charge in [0, 0.05) is 50.3 Å². The summed E-state index contributed by atoms with van der Waals surface area (Å²) < 4.78 is 2.39. The third kappa shape index (κ3) is 6.43. The number of hydrogen-bond acceptors (Lipinski definition) is 2. The van der Waals surface area contributed by atoms with E-state index in [0.29, 0.717) is 0 Å². The average molecular weight is 802 g/mol. The van der Waals surface area contributed by atoms with Gasteiger partial charge in [-0.25, -0.2) is 0 Å². The smallest absolute Gasteiger partial charge is 0.0566 e. The third-order valence-electron chi connectivity index (χ3n) is 13.6. The van der Waals surface area contributed by atoms with E-state index in [1.165, 1.54) is 100 Å². The van der Waals surface area contributed by atoms with E-state index in [1.807, 2.05) is 0 Å². The highest BCUT2D eigenvalue weighted by atomic mass is 15.2. The van der Waals surface area contributed by atoms with Crippen LogP contribution in [0.3, 0.4) is 0 Å². The summed E-state index contributed by atoms with van der Waals surface area (Å²) in [6, 6.07) is 63.0. The summed E-state index contributed by atoms with van der Waals surface area (Å²) in [6.07, 6.45) is 12.4. The standard InChI is InChI=1S/C59H51N3/c1-40-18-26-45(27-19-40)60(49-34-36-56-53(38-49)51-14-8-10-16-55(51)59(56,3)4)47-30-22-42(23-31-47)43-24-32-48(33-25-43)61(46-28-20-41(2)21-29-46)50-35-37-58-54(39-50)52-15-9-11-17-57(52)62(58)44-12-6-5-7-13-44/h5-24,26-32,34-37,39,49H,25,33,38H2,1-4H3. The maximum absolute atomic E-state index is 2.54. The largest absolute Gasteiger partial charge is 0.334 e. The Morgan fingerprint density at radius 2 is 1.19 bits per heavy atom. The fourth-order valence-electron chi connectivity index (χ4n) is 10.4. The van der Waals surface area contributed by atoms with Gasteiger partial charge in [-0.15, -0.1) is 0 Å². The van der Waals surface area contributed by atoms with Gasteiger partial charge >= 0.3 is 0 Å². The zero-order valence-corrected chi connectivity index (χ0v) is 36.0. The van der Waals surface area contributed by atoms with Crippen molar-refractivity contribution in [2.45, 2.75) is 58.4 Å². The molecule has 0 N–H and O–H groups in total. The minimum atomic E-state index is 0.0146. The summed E-state index contributed by atoms with van der Waals surface area (Å²) in [5, 5.41) is 2.51. The van der Waals surface area contributed by atoms with Crippen LogP contribution in [0, 0.1) is 13.8 Å². The number of allylic oxidation sites excluding steroid dienone is 6. The zero-order chi connectivity index (χ0) is 42.0. The van der Waals surface area contributed by atoms with Crippen molar-refractivity contribution in [2.75, 3.05) is 9.80 Å². The Morgan fingerprint density at radius 3 is 1.92 bits per heavy atom. The number of aryl methyl sites for hydroxylation is 2. The predicted octanol–water partition coefficient (Wildman–Crippen LogP) is 15.5. The van der Waals surface area contributed by atoms with Crippen LogP contribution in [0.2, 0.25) is 0 Å². The molecule has 0 radical (unpaired) electrons. The van der Waals surface area contributed by atoms with Crippen LogP contribution < -0.4 is 9.80 Å². The van der Waals surface area contributed by atoms with E-state index in [0.717, 1.165) is 19.3 Å². The van der Waals surface area contributed by atoms with Gasteiger partial charge in [-0.05, 0) is 145 Å². The lowest BCUT2D eigenvalue weighted by Crippen LogP contribution is -2.31. The third-order valence-corrected chi connectivity index (χ3v) is 13.6. The van der Waals surface area contributed by atoms with Crippen molar-refractivity contribution in [3.05, 3.63) is 233 Å². The molecule has 302 valence electrons. The lowest BCUT2D eigenvalue weighted by molar-refractivity contribution is 0.647. The predicted molar refractivity (Wildman–Crippen MR) is 263 cm³/mol. The van der Waals surface area contributed by atoms with Crippen LogP contribution in [0.5, 0.6) is 0 Å². The topological polar surface area (TPSA) is 11.4 Å². The molecule has 3 aliphatic carbocycles. The van der Waals surface area contributed by atoms with E-state index in [9.17, 15) is 0 Å². The van der Waals surface area contributed by atoms with Gasteiger partial charge in [0.15, 0.2) is 0 Å². The molecular weight excluding hydrogens is 751 g/mol. The van der Waals surface area contributed by atoms with Gasteiger partial charge in [-0.1, -0.05) is 140 Å². The minimum Gasteiger partial charge on any atom is -0.334 e. The molecule has 3 aliphatic rings. The zero-order valence-electron chi connectivity index (χ0n) is 36.0. The monoisotopic (exact) mass is 801 g/mol. The van der Waals surface area contributed by atoms with Crippen molar-refractivity contribution >= 4 is 55.7 Å². The van der Waals surface area contributed by atoms with Crippen molar-refractivity contribution < 1.29 is 0 Å². The Balaban J connectivity index is 0.927. The molecule has 1 aromatic heterocycles. The summed E-state index contributed by atoms with van der Waals surface area (Å²) in [7, 11) is 0. The molecule has 8 aromatic rings. The number of aromatic nitrogens is 1. The van der Waals surface area contributed by atoms with Crippen LogP contribution in [-0.2, 0) is 5.41 Å². The van der Waals surface area contributed by atoms with Gasteiger partial charge in [-0.3, -0.25) is 0 Å². The van der Waals surface area contributed by atoms with Crippen LogP contribution in [0.15, 0.2) is 205 Å². The van der Waals surface area contributed by atoms with Gasteiger partial charge in [0.25, 0.3) is 0 Å². The molecule has 0 aliphatic heterocycles. The van der Waals surface area contributed by atoms with Crippen molar-refractivity contribution in [2.24, 2.45) is 0 Å². The molecule has 0 amide bonds. The Labute approximate surface area is 365 Å². The summed E-state index contributed by atoms with van der Waals surface area (Å²) in [5.41, 5.74) is 20.7. The Kier molecular flexibility index (Phi) is 9.23. The van der Waals surface area contributed by atoms with Gasteiger partial charge in [0.2, 0.25) is 0 Å². The number of fused-ring (bicyclic) bond motifs is 5. The summed E-state index contributed by atoms with van der Waals surface area (Å²) in [4.78, 5) is 5.00. The highest BCUT2D eigenvalue weighted by Gasteiger charge is 2.39. The highest BCUT2D eigenvalue weighted by Crippen LogP contribution is 2.51. The van der Waals surface area contributed by atoms with E-state index in [4.69, 9.17) is 0 Å². The lowest BCUT2D eigenvalue weighted by atomic mass is 9.79. The Hall–Kier alpha value is -7.10. The molecule has 3 nitrogen and oxygen atoms in total. The minimum absolute atomic E-state index is 0.0146. The number of rotatable bonds is 8. The van der Waals surface area contributed by atoms with E-state index < -0.39 is 0 Å². The quantitative estimate of drug-likeness (QED) is 0.152. The lowest BCUT2D eigenvalue weighted by Gasteiger charge is -2.35. The molecule has 0 bridgehead atoms. The fourth-order valence-corrected chi connectivity index (χ4v) is 10.4. The maximum Gasteiger partial charge on any atom is 0.0566 e. The summed E-state index contributed by atoms with van der Waals surface area (Å²) >= 11 is 0. The molecule has 62 heavy (non-hydrogen) atoms. The number of benzene rings is 7. The molecule has 0 saturated carbocycles.